The maximum absolute atomic E-state index is 13.3. The zero-order chi connectivity index (χ0) is 20.5. The van der Waals surface area contributed by atoms with Crippen LogP contribution in [0.25, 0.3) is 0 Å². The molecule has 4 nitrogen and oxygen atoms in total. The highest BCUT2D eigenvalue weighted by molar-refractivity contribution is 5.95. The summed E-state index contributed by atoms with van der Waals surface area (Å²) < 4.78 is 53.3. The van der Waals surface area contributed by atoms with Crippen LogP contribution in [-0.2, 0) is 0 Å². The van der Waals surface area contributed by atoms with Crippen molar-refractivity contribution >= 4 is 5.91 Å². The van der Waals surface area contributed by atoms with E-state index in [0.717, 1.165) is 0 Å². The molecule has 0 aromatic carbocycles. The van der Waals surface area contributed by atoms with Crippen molar-refractivity contribution in [2.75, 3.05) is 13.2 Å². The van der Waals surface area contributed by atoms with Crippen molar-refractivity contribution in [1.29, 1.82) is 0 Å². The number of alkyl halides is 4. The number of aromatic nitrogens is 1. The predicted molar refractivity (Wildman–Crippen MR) is 94.9 cm³/mol. The van der Waals surface area contributed by atoms with E-state index in [1.54, 1.807) is 12.1 Å². The van der Waals surface area contributed by atoms with Gasteiger partial charge in [0.2, 0.25) is 0 Å². The van der Waals surface area contributed by atoms with Crippen LogP contribution in [0.2, 0.25) is 0 Å². The molecule has 0 bridgehead atoms. The maximum atomic E-state index is 13.3. The van der Waals surface area contributed by atoms with Gasteiger partial charge in [-0.05, 0) is 48.6 Å². The number of hydrogen-bond donors (Lipinski definition) is 1. The highest BCUT2D eigenvalue weighted by Crippen LogP contribution is 2.45. The Hall–Kier alpha value is -2.48. The van der Waals surface area contributed by atoms with E-state index in [1.807, 2.05) is 0 Å². The van der Waals surface area contributed by atoms with Crippen LogP contribution < -0.4 is 0 Å². The molecule has 1 fully saturated rings. The first-order chi connectivity index (χ1) is 13.2. The number of pyridine rings is 1. The van der Waals surface area contributed by atoms with Crippen LogP contribution >= 0.6 is 0 Å². The first kappa shape index (κ1) is 20.3. The number of halogens is 4. The molecule has 2 atom stereocenters. The van der Waals surface area contributed by atoms with Gasteiger partial charge in [0.25, 0.3) is 5.91 Å². The van der Waals surface area contributed by atoms with Gasteiger partial charge in [-0.2, -0.15) is 13.2 Å². The minimum Gasteiger partial charge on any atom is -0.378 e. The van der Waals surface area contributed by atoms with Crippen LogP contribution in [0.3, 0.4) is 0 Å². The summed E-state index contributed by atoms with van der Waals surface area (Å²) in [4.78, 5) is 18.3. The van der Waals surface area contributed by atoms with Gasteiger partial charge < -0.3 is 10.0 Å². The van der Waals surface area contributed by atoms with Crippen LogP contribution in [0, 0.1) is 5.92 Å². The molecule has 3 rings (SSSR count). The maximum Gasteiger partial charge on any atom is 0.420 e. The number of rotatable bonds is 3. The fourth-order valence-corrected chi connectivity index (χ4v) is 3.56. The van der Waals surface area contributed by atoms with Crippen LogP contribution in [0.15, 0.2) is 60.1 Å². The van der Waals surface area contributed by atoms with E-state index in [0.29, 0.717) is 42.6 Å². The third-order valence-electron chi connectivity index (χ3n) is 5.17. The predicted octanol–water partition coefficient (Wildman–Crippen LogP) is 3.97. The van der Waals surface area contributed by atoms with Crippen LogP contribution in [-0.4, -0.2) is 45.9 Å². The molecular weight excluding hydrogens is 376 g/mol. The summed E-state index contributed by atoms with van der Waals surface area (Å²) in [7, 11) is 0. The molecule has 1 amide bonds. The Kier molecular flexibility index (Phi) is 5.43. The monoisotopic (exact) mass is 396 g/mol. The van der Waals surface area contributed by atoms with Gasteiger partial charge in [-0.1, -0.05) is 12.7 Å². The summed E-state index contributed by atoms with van der Waals surface area (Å²) in [5, 5.41) is 10.0. The summed E-state index contributed by atoms with van der Waals surface area (Å²) in [5.74, 6) is -1.95. The Balaban J connectivity index is 2.00. The summed E-state index contributed by atoms with van der Waals surface area (Å²) in [5.41, 5.74) is -2.31. The topological polar surface area (TPSA) is 53.4 Å². The number of carbonyl (C=O) groups excluding carboxylic acids is 1. The number of nitrogens with zero attached hydrogens (tertiary/aromatic N) is 2. The normalized spacial score (nSPS) is 22.5. The number of amides is 1. The van der Waals surface area contributed by atoms with E-state index in [2.05, 4.69) is 11.6 Å². The fourth-order valence-electron chi connectivity index (χ4n) is 3.56. The Morgan fingerprint density at radius 3 is 2.57 bits per heavy atom. The molecule has 28 heavy (non-hydrogen) atoms. The smallest absolute Gasteiger partial charge is 0.378 e. The number of allylic oxidation sites excluding steroid dienone is 2. The highest BCUT2D eigenvalue weighted by Gasteiger charge is 2.59. The van der Waals surface area contributed by atoms with Crippen LogP contribution in [0.5, 0.6) is 0 Å². The molecule has 1 saturated heterocycles. The van der Waals surface area contributed by atoms with E-state index < -0.39 is 24.4 Å². The molecule has 1 aliphatic carbocycles. The molecule has 1 aromatic rings. The zero-order valence-electron chi connectivity index (χ0n) is 15.0. The van der Waals surface area contributed by atoms with Gasteiger partial charge in [-0.15, -0.1) is 0 Å². The summed E-state index contributed by atoms with van der Waals surface area (Å²) in [6, 6.07) is 3.12. The molecule has 0 saturated carbocycles. The lowest BCUT2D eigenvalue weighted by Crippen LogP contribution is -2.53. The van der Waals surface area contributed by atoms with Crippen molar-refractivity contribution in [1.82, 2.24) is 9.88 Å². The van der Waals surface area contributed by atoms with Crippen molar-refractivity contribution in [3.8, 4) is 0 Å². The highest BCUT2D eigenvalue weighted by atomic mass is 19.4. The quantitative estimate of drug-likeness (QED) is 0.787. The molecule has 0 spiro atoms. The Morgan fingerprint density at radius 2 is 1.96 bits per heavy atom. The zero-order valence-corrected chi connectivity index (χ0v) is 15.0. The third kappa shape index (κ3) is 3.48. The second-order valence-corrected chi connectivity index (χ2v) is 6.98. The Bertz CT molecular complexity index is 832. The minimum atomic E-state index is -5.16. The number of likely N-dealkylation sites (tertiary alicyclic amines) is 1. The fraction of sp³-hybridized carbons (Fsp3) is 0.400. The van der Waals surface area contributed by atoms with Gasteiger partial charge in [0.05, 0.1) is 0 Å². The standard InChI is InChI=1S/C20H20F4N2O2/c1-13-10-17-15(11-16(13)19(28,12-21)20(22,23)24)4-2-3-9-26(17)18(27)14-5-7-25-8-6-14/h5-8,10-11,16,28H,1-4,9,12H2. The number of carbonyl (C=O) groups is 1. The van der Waals surface area contributed by atoms with Gasteiger partial charge in [-0.3, -0.25) is 9.78 Å². The van der Waals surface area contributed by atoms with Crippen LogP contribution in [0.1, 0.15) is 29.6 Å². The summed E-state index contributed by atoms with van der Waals surface area (Å²) in [6.45, 7) is 2.03. The van der Waals surface area contributed by atoms with Gasteiger partial charge >= 0.3 is 6.18 Å². The molecule has 8 heteroatoms. The van der Waals surface area contributed by atoms with E-state index in [1.165, 1.54) is 29.4 Å². The van der Waals surface area contributed by atoms with Crippen molar-refractivity contribution in [2.24, 2.45) is 5.92 Å². The van der Waals surface area contributed by atoms with E-state index in [4.69, 9.17) is 0 Å². The molecular formula is C20H20F4N2O2. The second kappa shape index (κ2) is 7.50. The molecule has 2 unspecified atom stereocenters. The van der Waals surface area contributed by atoms with Gasteiger partial charge in [0.1, 0.15) is 6.67 Å². The summed E-state index contributed by atoms with van der Waals surface area (Å²) >= 11 is 0. The van der Waals surface area contributed by atoms with Gasteiger partial charge in [-0.25, -0.2) is 4.39 Å². The molecule has 1 aliphatic heterocycles. The van der Waals surface area contributed by atoms with Crippen molar-refractivity contribution < 1.29 is 27.5 Å². The number of fused-ring (bicyclic) bond motifs is 1. The van der Waals surface area contributed by atoms with Crippen molar-refractivity contribution in [3.63, 3.8) is 0 Å². The van der Waals surface area contributed by atoms with Crippen molar-refractivity contribution in [2.45, 2.75) is 31.0 Å². The number of aliphatic hydroxyl groups is 1. The second-order valence-electron chi connectivity index (χ2n) is 6.98. The van der Waals surface area contributed by atoms with Gasteiger partial charge in [0, 0.05) is 36.1 Å². The lowest BCUT2D eigenvalue weighted by molar-refractivity contribution is -0.274. The van der Waals surface area contributed by atoms with E-state index in [9.17, 15) is 27.5 Å². The Labute approximate surface area is 159 Å². The average molecular weight is 396 g/mol. The molecule has 2 aliphatic rings. The lowest BCUT2D eigenvalue weighted by atomic mass is 9.77. The SMILES string of the molecule is C=C1C=C2C(=CC1C(O)(CF)C(F)(F)F)CCCCN2C(=O)c1ccncc1. The van der Waals surface area contributed by atoms with E-state index >= 15 is 0 Å². The first-order valence-electron chi connectivity index (χ1n) is 8.87. The number of hydrogen-bond acceptors (Lipinski definition) is 3. The molecule has 1 N–H and O–H groups in total. The average Bonchev–Trinajstić information content (AvgIpc) is 2.88. The molecule has 0 radical (unpaired) electrons. The molecule has 1 aromatic heterocycles. The summed E-state index contributed by atoms with van der Waals surface area (Å²) in [6.07, 6.45) is 2.12. The first-order valence-corrected chi connectivity index (χ1v) is 8.87. The molecule has 2 heterocycles. The third-order valence-corrected chi connectivity index (χ3v) is 5.17. The Morgan fingerprint density at radius 1 is 1.29 bits per heavy atom. The van der Waals surface area contributed by atoms with E-state index in [-0.39, 0.29) is 11.5 Å². The minimum absolute atomic E-state index is 0.0920. The lowest BCUT2D eigenvalue weighted by Gasteiger charge is -2.38. The van der Waals surface area contributed by atoms with Gasteiger partial charge in [0.15, 0.2) is 5.60 Å². The largest absolute Gasteiger partial charge is 0.420 e. The van der Waals surface area contributed by atoms with Crippen LogP contribution in [0.4, 0.5) is 17.6 Å². The molecule has 150 valence electrons. The van der Waals surface area contributed by atoms with Crippen molar-refractivity contribution in [3.05, 3.63) is 65.7 Å².